The first-order valence-electron chi connectivity index (χ1n) is 6.10. The number of halogens is 2. The summed E-state index contributed by atoms with van der Waals surface area (Å²) in [5.74, 6) is 0.0717. The van der Waals surface area contributed by atoms with Gasteiger partial charge in [-0.15, -0.1) is 0 Å². The Balaban J connectivity index is 2.09. The van der Waals surface area contributed by atoms with E-state index in [0.29, 0.717) is 11.6 Å². The van der Waals surface area contributed by atoms with Gasteiger partial charge in [0, 0.05) is 18.1 Å². The number of benzene rings is 1. The molecule has 3 nitrogen and oxygen atoms in total. The summed E-state index contributed by atoms with van der Waals surface area (Å²) in [7, 11) is 0. The standard InChI is InChI=1S/C13H16Cl2N2O/c14-11-5-3-4-10(8-11)9-17-7-2-1-6-12(16-15)13(17)18/h3-5,8,12,16H,1-2,6-7,9H2/t12-/m0/s1. The van der Waals surface area contributed by atoms with Crippen molar-refractivity contribution in [3.8, 4) is 0 Å². The van der Waals surface area contributed by atoms with E-state index in [0.717, 1.165) is 31.4 Å². The van der Waals surface area contributed by atoms with Gasteiger partial charge in [-0.25, -0.2) is 4.84 Å². The van der Waals surface area contributed by atoms with Crippen molar-refractivity contribution in [1.82, 2.24) is 9.74 Å². The maximum absolute atomic E-state index is 12.2. The second kappa shape index (κ2) is 6.41. The maximum atomic E-state index is 12.2. The van der Waals surface area contributed by atoms with Crippen LogP contribution in [0.1, 0.15) is 24.8 Å². The van der Waals surface area contributed by atoms with Crippen molar-refractivity contribution >= 4 is 29.3 Å². The number of nitrogens with zero attached hydrogens (tertiary/aromatic N) is 1. The molecule has 2 rings (SSSR count). The lowest BCUT2D eigenvalue weighted by atomic mass is 10.1. The van der Waals surface area contributed by atoms with Crippen LogP contribution in [0.3, 0.4) is 0 Å². The highest BCUT2D eigenvalue weighted by Crippen LogP contribution is 2.17. The smallest absolute Gasteiger partial charge is 0.241 e. The fourth-order valence-electron chi connectivity index (χ4n) is 2.22. The van der Waals surface area contributed by atoms with E-state index >= 15 is 0 Å². The zero-order chi connectivity index (χ0) is 13.0. The Kier molecular flexibility index (Phi) is 4.87. The van der Waals surface area contributed by atoms with E-state index in [1.54, 1.807) is 0 Å². The number of likely N-dealkylation sites (tertiary alicyclic amines) is 1. The van der Waals surface area contributed by atoms with Crippen molar-refractivity contribution in [2.75, 3.05) is 6.54 Å². The Hall–Kier alpha value is -0.770. The van der Waals surface area contributed by atoms with Gasteiger partial charge in [0.1, 0.15) is 6.04 Å². The summed E-state index contributed by atoms with van der Waals surface area (Å²) in [5, 5.41) is 0.696. The van der Waals surface area contributed by atoms with E-state index in [4.69, 9.17) is 23.4 Å². The number of carbonyl (C=O) groups is 1. The van der Waals surface area contributed by atoms with Crippen molar-refractivity contribution in [2.24, 2.45) is 0 Å². The largest absolute Gasteiger partial charge is 0.337 e. The zero-order valence-electron chi connectivity index (χ0n) is 10.0. The third kappa shape index (κ3) is 3.37. The highest BCUT2D eigenvalue weighted by atomic mass is 35.5. The Morgan fingerprint density at radius 3 is 2.94 bits per heavy atom. The van der Waals surface area contributed by atoms with Gasteiger partial charge in [0.2, 0.25) is 5.91 Å². The zero-order valence-corrected chi connectivity index (χ0v) is 11.5. The highest BCUT2D eigenvalue weighted by molar-refractivity contribution is 6.30. The number of amides is 1. The number of hydrogen-bond donors (Lipinski definition) is 1. The van der Waals surface area contributed by atoms with Crippen LogP contribution in [0.4, 0.5) is 0 Å². The fraction of sp³-hybridized carbons (Fsp3) is 0.462. The molecule has 1 N–H and O–H groups in total. The molecule has 1 atom stereocenters. The number of nitrogens with one attached hydrogen (secondary N) is 1. The Bertz CT molecular complexity index is 425. The monoisotopic (exact) mass is 286 g/mol. The summed E-state index contributed by atoms with van der Waals surface area (Å²) in [6, 6.07) is 7.33. The molecule has 0 unspecified atom stereocenters. The van der Waals surface area contributed by atoms with Crippen LogP contribution >= 0.6 is 23.4 Å². The third-order valence-corrected chi connectivity index (χ3v) is 3.67. The van der Waals surface area contributed by atoms with Crippen molar-refractivity contribution in [1.29, 1.82) is 0 Å². The van der Waals surface area contributed by atoms with E-state index in [1.807, 2.05) is 29.2 Å². The van der Waals surface area contributed by atoms with E-state index in [2.05, 4.69) is 4.84 Å². The predicted octanol–water partition coefficient (Wildman–Crippen LogP) is 2.96. The van der Waals surface area contributed by atoms with E-state index in [9.17, 15) is 4.79 Å². The molecule has 0 spiro atoms. The summed E-state index contributed by atoms with van der Waals surface area (Å²) in [5.41, 5.74) is 1.05. The van der Waals surface area contributed by atoms with Gasteiger partial charge in [0.05, 0.1) is 0 Å². The van der Waals surface area contributed by atoms with Gasteiger partial charge in [-0.05, 0) is 48.7 Å². The summed E-state index contributed by atoms with van der Waals surface area (Å²) in [4.78, 5) is 16.6. The molecule has 98 valence electrons. The Morgan fingerprint density at radius 2 is 2.22 bits per heavy atom. The number of carbonyl (C=O) groups excluding carboxylic acids is 1. The molecular formula is C13H16Cl2N2O. The third-order valence-electron chi connectivity index (χ3n) is 3.17. The molecule has 0 saturated carbocycles. The molecule has 5 heteroatoms. The van der Waals surface area contributed by atoms with Crippen LogP contribution in [0.5, 0.6) is 0 Å². The first kappa shape index (κ1) is 13.7. The minimum Gasteiger partial charge on any atom is -0.337 e. The van der Waals surface area contributed by atoms with Gasteiger partial charge >= 0.3 is 0 Å². The topological polar surface area (TPSA) is 32.3 Å². The van der Waals surface area contributed by atoms with Crippen LogP contribution in [0.2, 0.25) is 5.02 Å². The molecule has 0 aliphatic carbocycles. The van der Waals surface area contributed by atoms with Crippen molar-refractivity contribution < 1.29 is 4.79 Å². The summed E-state index contributed by atoms with van der Waals surface area (Å²) < 4.78 is 0. The van der Waals surface area contributed by atoms with Gasteiger partial charge in [0.25, 0.3) is 0 Å². The highest BCUT2D eigenvalue weighted by Gasteiger charge is 2.26. The SMILES string of the molecule is O=C1[C@@H](NCl)CCCCN1Cc1cccc(Cl)c1. The quantitative estimate of drug-likeness (QED) is 0.867. The molecule has 1 saturated heterocycles. The lowest BCUT2D eigenvalue weighted by Gasteiger charge is -2.23. The fourth-order valence-corrected chi connectivity index (χ4v) is 2.63. The molecule has 1 aliphatic rings. The van der Waals surface area contributed by atoms with Crippen LogP contribution in [0.15, 0.2) is 24.3 Å². The second-order valence-corrected chi connectivity index (χ2v) is 5.20. The molecule has 0 radical (unpaired) electrons. The van der Waals surface area contributed by atoms with E-state index < -0.39 is 0 Å². The molecule has 0 aromatic heterocycles. The molecule has 1 aliphatic heterocycles. The van der Waals surface area contributed by atoms with Crippen molar-refractivity contribution in [3.63, 3.8) is 0 Å². The van der Waals surface area contributed by atoms with Crippen molar-refractivity contribution in [2.45, 2.75) is 31.8 Å². The van der Waals surface area contributed by atoms with Crippen LogP contribution < -0.4 is 4.84 Å². The number of hydrogen-bond acceptors (Lipinski definition) is 2. The number of rotatable bonds is 3. The summed E-state index contributed by atoms with van der Waals surface area (Å²) in [6.07, 6.45) is 2.83. The molecule has 1 aromatic rings. The molecule has 0 bridgehead atoms. The lowest BCUT2D eigenvalue weighted by Crippen LogP contribution is -2.41. The second-order valence-electron chi connectivity index (χ2n) is 4.55. The normalized spacial score (nSPS) is 20.9. The van der Waals surface area contributed by atoms with Gasteiger partial charge in [-0.2, -0.15) is 0 Å². The van der Waals surface area contributed by atoms with E-state index in [-0.39, 0.29) is 11.9 Å². The molecule has 1 fully saturated rings. The summed E-state index contributed by atoms with van der Waals surface area (Å²) in [6.45, 7) is 1.37. The van der Waals surface area contributed by atoms with Crippen molar-refractivity contribution in [3.05, 3.63) is 34.9 Å². The maximum Gasteiger partial charge on any atom is 0.241 e. The molecular weight excluding hydrogens is 271 g/mol. The Morgan fingerprint density at radius 1 is 1.39 bits per heavy atom. The minimum atomic E-state index is -0.270. The van der Waals surface area contributed by atoms with Gasteiger partial charge in [-0.1, -0.05) is 23.7 Å². The van der Waals surface area contributed by atoms with Gasteiger partial charge in [0.15, 0.2) is 0 Å². The molecule has 1 amide bonds. The van der Waals surface area contributed by atoms with Crippen LogP contribution in [0.25, 0.3) is 0 Å². The molecule has 18 heavy (non-hydrogen) atoms. The van der Waals surface area contributed by atoms with Crippen LogP contribution in [0, 0.1) is 0 Å². The van der Waals surface area contributed by atoms with Crippen LogP contribution in [-0.2, 0) is 11.3 Å². The predicted molar refractivity (Wildman–Crippen MR) is 73.5 cm³/mol. The van der Waals surface area contributed by atoms with Crippen LogP contribution in [-0.4, -0.2) is 23.4 Å². The Labute approximate surface area is 117 Å². The first-order valence-corrected chi connectivity index (χ1v) is 6.85. The lowest BCUT2D eigenvalue weighted by molar-refractivity contribution is -0.133. The van der Waals surface area contributed by atoms with Gasteiger partial charge < -0.3 is 4.90 Å². The molecule has 1 heterocycles. The first-order chi connectivity index (χ1) is 8.70. The molecule has 1 aromatic carbocycles. The summed E-state index contributed by atoms with van der Waals surface area (Å²) >= 11 is 11.6. The minimum absolute atomic E-state index is 0.0717. The average Bonchev–Trinajstić information content (AvgIpc) is 2.53. The van der Waals surface area contributed by atoms with E-state index in [1.165, 1.54) is 0 Å². The van der Waals surface area contributed by atoms with Gasteiger partial charge in [-0.3, -0.25) is 4.79 Å². The average molecular weight is 287 g/mol.